The molecule has 0 spiro atoms. The smallest absolute Gasteiger partial charge is 0.301 e. The van der Waals surface area contributed by atoms with Gasteiger partial charge >= 0.3 is 10.2 Å². The number of nitrogens with one attached hydrogen (secondary N) is 1. The van der Waals surface area contributed by atoms with E-state index in [4.69, 9.17) is 16.0 Å². The van der Waals surface area contributed by atoms with E-state index in [1.165, 1.54) is 4.31 Å². The van der Waals surface area contributed by atoms with E-state index >= 15 is 0 Å². The van der Waals surface area contributed by atoms with Crippen molar-refractivity contribution < 1.29 is 12.8 Å². The molecule has 9 heteroatoms. The first-order valence-corrected chi connectivity index (χ1v) is 15.3. The number of benzene rings is 1. The average Bonchev–Trinajstić information content (AvgIpc) is 2.69. The van der Waals surface area contributed by atoms with Crippen molar-refractivity contribution in [1.29, 1.82) is 0 Å². The highest BCUT2D eigenvalue weighted by molar-refractivity contribution is 7.90. The standard InChI is InChI=1S/C22H32ClN3O3SSi/c1-22(2,3)31(4,5)29-18-10-12-20(24-16-18)19-15-17(23)9-11-21(19)25-30(27,28)26-13-7-6-8-14-26/h9-12,15-16,25H,6-8,13-14H2,1-5H3. The number of pyridine rings is 1. The van der Waals surface area contributed by atoms with Crippen LogP contribution in [0.1, 0.15) is 40.0 Å². The summed E-state index contributed by atoms with van der Waals surface area (Å²) < 4.78 is 36.3. The molecule has 1 aromatic carbocycles. The van der Waals surface area contributed by atoms with E-state index in [0.717, 1.165) is 19.3 Å². The Morgan fingerprint density at radius 2 is 1.77 bits per heavy atom. The van der Waals surface area contributed by atoms with Crippen LogP contribution >= 0.6 is 11.6 Å². The molecule has 2 aromatic rings. The summed E-state index contributed by atoms with van der Waals surface area (Å²) in [5.74, 6) is 0.716. The van der Waals surface area contributed by atoms with Crippen molar-refractivity contribution in [2.24, 2.45) is 0 Å². The summed E-state index contributed by atoms with van der Waals surface area (Å²) in [5.41, 5.74) is 1.72. The predicted octanol–water partition coefficient (Wildman–Crippen LogP) is 5.93. The normalized spacial score (nSPS) is 16.2. The minimum absolute atomic E-state index is 0.0819. The highest BCUT2D eigenvalue weighted by Crippen LogP contribution is 2.38. The van der Waals surface area contributed by atoms with Crippen molar-refractivity contribution in [3.63, 3.8) is 0 Å². The van der Waals surface area contributed by atoms with Crippen LogP contribution in [0.2, 0.25) is 23.2 Å². The van der Waals surface area contributed by atoms with Crippen molar-refractivity contribution in [1.82, 2.24) is 9.29 Å². The second-order valence-electron chi connectivity index (χ2n) is 9.50. The summed E-state index contributed by atoms with van der Waals surface area (Å²) >= 11 is 6.22. The summed E-state index contributed by atoms with van der Waals surface area (Å²) in [6.45, 7) is 12.0. The molecule has 0 unspecified atom stereocenters. The van der Waals surface area contributed by atoms with Crippen molar-refractivity contribution in [3.8, 4) is 17.0 Å². The first kappa shape index (κ1) is 24.0. The zero-order valence-corrected chi connectivity index (χ0v) is 21.5. The fraction of sp³-hybridized carbons (Fsp3) is 0.500. The largest absolute Gasteiger partial charge is 0.542 e. The third-order valence-electron chi connectivity index (χ3n) is 6.07. The van der Waals surface area contributed by atoms with Crippen molar-refractivity contribution in [2.75, 3.05) is 17.8 Å². The summed E-state index contributed by atoms with van der Waals surface area (Å²) in [4.78, 5) is 4.55. The third kappa shape index (κ3) is 5.80. The molecule has 1 N–H and O–H groups in total. The Morgan fingerprint density at radius 3 is 2.35 bits per heavy atom. The highest BCUT2D eigenvalue weighted by Gasteiger charge is 2.39. The van der Waals surface area contributed by atoms with Crippen molar-refractivity contribution in [2.45, 2.75) is 58.2 Å². The number of hydrogen-bond donors (Lipinski definition) is 1. The summed E-state index contributed by atoms with van der Waals surface area (Å²) in [6.07, 6.45) is 4.52. The van der Waals surface area contributed by atoms with E-state index < -0.39 is 18.5 Å². The minimum atomic E-state index is -3.63. The Labute approximate surface area is 192 Å². The van der Waals surface area contributed by atoms with Gasteiger partial charge in [-0.05, 0) is 61.3 Å². The number of hydrogen-bond acceptors (Lipinski definition) is 4. The van der Waals surface area contributed by atoms with Gasteiger partial charge in [0.2, 0.25) is 0 Å². The van der Waals surface area contributed by atoms with E-state index in [1.807, 2.05) is 12.1 Å². The lowest BCUT2D eigenvalue weighted by Gasteiger charge is -2.36. The summed E-state index contributed by atoms with van der Waals surface area (Å²) in [6, 6.07) is 8.81. The molecule has 170 valence electrons. The van der Waals surface area contributed by atoms with Gasteiger partial charge < -0.3 is 4.43 Å². The molecular formula is C22H32ClN3O3SSi. The minimum Gasteiger partial charge on any atom is -0.542 e. The van der Waals surface area contributed by atoms with Gasteiger partial charge in [-0.15, -0.1) is 0 Å². The molecule has 1 saturated heterocycles. The Bertz CT molecular complexity index is 1020. The Hall–Kier alpha value is -1.61. The molecule has 1 fully saturated rings. The monoisotopic (exact) mass is 481 g/mol. The summed E-state index contributed by atoms with van der Waals surface area (Å²) in [5, 5.41) is 0.595. The van der Waals surface area contributed by atoms with E-state index in [0.29, 0.717) is 40.8 Å². The second-order valence-corrected chi connectivity index (χ2v) is 16.3. The van der Waals surface area contributed by atoms with E-state index in [9.17, 15) is 8.42 Å². The van der Waals surface area contributed by atoms with Crippen LogP contribution in [0.15, 0.2) is 36.5 Å². The maximum atomic E-state index is 12.9. The molecule has 0 amide bonds. The Balaban J connectivity index is 1.87. The lowest BCUT2D eigenvalue weighted by Crippen LogP contribution is -2.43. The number of rotatable bonds is 6. The van der Waals surface area contributed by atoms with Crippen molar-refractivity contribution in [3.05, 3.63) is 41.6 Å². The molecule has 1 aliphatic rings. The van der Waals surface area contributed by atoms with Crippen LogP contribution in [-0.2, 0) is 10.2 Å². The number of halogens is 1. The quantitative estimate of drug-likeness (QED) is 0.519. The van der Waals surface area contributed by atoms with E-state index in [-0.39, 0.29) is 5.04 Å². The SMILES string of the molecule is CC(C)(C)[Si](C)(C)Oc1ccc(-c2cc(Cl)ccc2NS(=O)(=O)N2CCCCC2)nc1. The number of piperidine rings is 1. The van der Waals surface area contributed by atoms with Crippen LogP contribution in [-0.4, -0.2) is 39.1 Å². The zero-order chi connectivity index (χ0) is 22.9. The molecule has 1 aliphatic heterocycles. The van der Waals surface area contributed by atoms with Gasteiger partial charge in [-0.3, -0.25) is 9.71 Å². The molecule has 0 radical (unpaired) electrons. The first-order chi connectivity index (χ1) is 14.4. The van der Waals surface area contributed by atoms with Gasteiger partial charge in [0.05, 0.1) is 17.6 Å². The number of anilines is 1. The fourth-order valence-corrected chi connectivity index (χ4v) is 5.69. The first-order valence-electron chi connectivity index (χ1n) is 10.6. The van der Waals surface area contributed by atoms with Crippen LogP contribution in [0.4, 0.5) is 5.69 Å². The second kappa shape index (κ2) is 9.09. The lowest BCUT2D eigenvalue weighted by molar-refractivity contribution is 0.349. The van der Waals surface area contributed by atoms with Gasteiger partial charge in [-0.25, -0.2) is 0 Å². The Morgan fingerprint density at radius 1 is 1.10 bits per heavy atom. The molecule has 0 atom stereocenters. The molecule has 0 bridgehead atoms. The molecule has 0 saturated carbocycles. The van der Waals surface area contributed by atoms with Gasteiger partial charge in [0, 0.05) is 23.7 Å². The van der Waals surface area contributed by atoms with Crippen LogP contribution < -0.4 is 9.15 Å². The molecular weight excluding hydrogens is 450 g/mol. The third-order valence-corrected chi connectivity index (χ3v) is 12.2. The molecule has 2 heterocycles. The fourth-order valence-electron chi connectivity index (χ4n) is 3.17. The van der Waals surface area contributed by atoms with Crippen LogP contribution in [0.5, 0.6) is 5.75 Å². The molecule has 3 rings (SSSR count). The van der Waals surface area contributed by atoms with E-state index in [1.54, 1.807) is 24.4 Å². The van der Waals surface area contributed by atoms with Gasteiger partial charge in [-0.2, -0.15) is 12.7 Å². The van der Waals surface area contributed by atoms with Crippen LogP contribution in [0, 0.1) is 0 Å². The van der Waals surface area contributed by atoms with E-state index in [2.05, 4.69) is 43.6 Å². The molecule has 31 heavy (non-hydrogen) atoms. The molecule has 6 nitrogen and oxygen atoms in total. The van der Waals surface area contributed by atoms with Crippen molar-refractivity contribution >= 4 is 35.8 Å². The molecule has 1 aromatic heterocycles. The highest BCUT2D eigenvalue weighted by atomic mass is 35.5. The maximum absolute atomic E-state index is 12.9. The van der Waals surface area contributed by atoms with Gasteiger partial charge in [0.25, 0.3) is 8.32 Å². The van der Waals surface area contributed by atoms with Crippen LogP contribution in [0.3, 0.4) is 0 Å². The van der Waals surface area contributed by atoms with Crippen LogP contribution in [0.25, 0.3) is 11.3 Å². The van der Waals surface area contributed by atoms with Gasteiger partial charge in [-0.1, -0.05) is 38.8 Å². The van der Waals surface area contributed by atoms with Gasteiger partial charge in [0.1, 0.15) is 5.75 Å². The zero-order valence-electron chi connectivity index (χ0n) is 18.9. The lowest BCUT2D eigenvalue weighted by atomic mass is 10.1. The van der Waals surface area contributed by atoms with Gasteiger partial charge in [0.15, 0.2) is 0 Å². The number of nitrogens with zero attached hydrogens (tertiary/aromatic N) is 2. The average molecular weight is 482 g/mol. The number of aromatic nitrogens is 1. The molecule has 0 aliphatic carbocycles. The predicted molar refractivity (Wildman–Crippen MR) is 130 cm³/mol. The maximum Gasteiger partial charge on any atom is 0.301 e. The summed E-state index contributed by atoms with van der Waals surface area (Å²) in [7, 11) is -5.61. The topological polar surface area (TPSA) is 71.5 Å². The Kier molecular flexibility index (Phi) is 7.05.